The number of nitrogens with zero attached hydrogens (tertiary/aromatic N) is 1. The van der Waals surface area contributed by atoms with Gasteiger partial charge in [-0.15, -0.1) is 0 Å². The van der Waals surface area contributed by atoms with Gasteiger partial charge in [0, 0.05) is 53.0 Å². The van der Waals surface area contributed by atoms with Crippen LogP contribution in [0.15, 0.2) is 63.8 Å². The van der Waals surface area contributed by atoms with E-state index in [-0.39, 0.29) is 16.4 Å². The van der Waals surface area contributed by atoms with Crippen molar-refractivity contribution >= 4 is 44.4 Å². The van der Waals surface area contributed by atoms with Crippen LogP contribution in [0.2, 0.25) is 0 Å². The van der Waals surface area contributed by atoms with Crippen molar-refractivity contribution in [3.05, 3.63) is 87.3 Å². The van der Waals surface area contributed by atoms with Gasteiger partial charge in [0.05, 0.1) is 5.56 Å². The summed E-state index contributed by atoms with van der Waals surface area (Å²) in [5.41, 5.74) is 4.48. The molecule has 0 aliphatic rings. The number of halogens is 1. The van der Waals surface area contributed by atoms with Crippen molar-refractivity contribution in [1.29, 1.82) is 0 Å². The fourth-order valence-electron chi connectivity index (χ4n) is 4.46. The molecule has 0 saturated carbocycles. The Labute approximate surface area is 194 Å². The van der Waals surface area contributed by atoms with Crippen molar-refractivity contribution < 1.29 is 18.7 Å². The number of aromatic carboxylic acids is 1. The Morgan fingerprint density at radius 3 is 2.29 bits per heavy atom. The summed E-state index contributed by atoms with van der Waals surface area (Å²) in [5.74, 6) is -1.64. The van der Waals surface area contributed by atoms with Crippen LogP contribution in [0, 0.1) is 19.7 Å². The van der Waals surface area contributed by atoms with E-state index in [1.54, 1.807) is 12.1 Å². The molecule has 5 nitrogen and oxygen atoms in total. The van der Waals surface area contributed by atoms with Crippen molar-refractivity contribution in [2.75, 3.05) is 19.0 Å². The zero-order valence-electron chi connectivity index (χ0n) is 19.2. The molecule has 0 aliphatic carbocycles. The topological polar surface area (TPSA) is 70.8 Å². The third-order valence-electron chi connectivity index (χ3n) is 6.37. The lowest BCUT2D eigenvalue weighted by Gasteiger charge is -2.18. The SMILES string of the molecule is Cc1cc(C(=O)O)c(-c2c3ccc(N(C)C)cc3oc3c2cc(F)c2cc(=O)ccc23)cc1C. The van der Waals surface area contributed by atoms with E-state index >= 15 is 4.39 Å². The molecule has 1 aromatic heterocycles. The van der Waals surface area contributed by atoms with Crippen LogP contribution >= 0.6 is 0 Å². The van der Waals surface area contributed by atoms with E-state index in [1.807, 2.05) is 57.1 Å². The van der Waals surface area contributed by atoms with Crippen molar-refractivity contribution in [2.45, 2.75) is 13.8 Å². The molecule has 0 amide bonds. The van der Waals surface area contributed by atoms with Crippen LogP contribution in [0.3, 0.4) is 0 Å². The predicted molar refractivity (Wildman–Crippen MR) is 134 cm³/mol. The molecule has 0 fully saturated rings. The number of carboxylic acid groups (broad SMARTS) is 1. The first-order chi connectivity index (χ1) is 16.2. The minimum absolute atomic E-state index is 0.129. The van der Waals surface area contributed by atoms with E-state index in [0.717, 1.165) is 16.8 Å². The van der Waals surface area contributed by atoms with Gasteiger partial charge in [-0.2, -0.15) is 0 Å². The lowest BCUT2D eigenvalue weighted by Crippen LogP contribution is -2.08. The van der Waals surface area contributed by atoms with Crippen LogP contribution in [-0.2, 0) is 0 Å². The standard InChI is InChI=1S/C28H22FNO4/c1-14-9-21(22(28(32)33)10-15(14)2)26-19-7-5-16(30(3)4)11-25(19)34-27-18-8-6-17(31)12-20(18)24(29)13-23(26)27/h5-13H,1-4H3,(H,32,33). The summed E-state index contributed by atoms with van der Waals surface area (Å²) in [6, 6.07) is 14.6. The zero-order valence-corrected chi connectivity index (χ0v) is 19.2. The monoisotopic (exact) mass is 455 g/mol. The maximum atomic E-state index is 15.3. The molecular weight excluding hydrogens is 433 g/mol. The second kappa shape index (κ2) is 7.70. The number of carbonyl (C=O) groups is 1. The number of fused-ring (bicyclic) bond motifs is 4. The number of hydrogen-bond acceptors (Lipinski definition) is 4. The van der Waals surface area contributed by atoms with E-state index in [2.05, 4.69) is 0 Å². The van der Waals surface area contributed by atoms with Gasteiger partial charge in [-0.05, 0) is 73.0 Å². The number of hydrogen-bond donors (Lipinski definition) is 1. The molecule has 0 aliphatic heterocycles. The summed E-state index contributed by atoms with van der Waals surface area (Å²) in [5, 5.41) is 11.8. The molecule has 0 unspecified atom stereocenters. The molecule has 5 aromatic rings. The van der Waals surface area contributed by atoms with Gasteiger partial charge in [-0.25, -0.2) is 9.18 Å². The molecule has 0 atom stereocenters. The molecule has 0 spiro atoms. The van der Waals surface area contributed by atoms with E-state index in [9.17, 15) is 14.7 Å². The number of anilines is 1. The fraction of sp³-hybridized carbons (Fsp3) is 0.143. The molecule has 5 rings (SSSR count). The molecule has 0 radical (unpaired) electrons. The molecule has 0 bridgehead atoms. The minimum atomic E-state index is -1.07. The Morgan fingerprint density at radius 1 is 0.882 bits per heavy atom. The van der Waals surface area contributed by atoms with Crippen LogP contribution in [0.25, 0.3) is 43.8 Å². The second-order valence-corrected chi connectivity index (χ2v) is 8.78. The highest BCUT2D eigenvalue weighted by Gasteiger charge is 2.22. The molecule has 1 N–H and O–H groups in total. The largest absolute Gasteiger partial charge is 0.478 e. The molecule has 6 heteroatoms. The highest BCUT2D eigenvalue weighted by Crippen LogP contribution is 2.42. The number of benzene rings is 4. The van der Waals surface area contributed by atoms with Gasteiger partial charge in [0.1, 0.15) is 17.0 Å². The fourth-order valence-corrected chi connectivity index (χ4v) is 4.46. The smallest absolute Gasteiger partial charge is 0.336 e. The number of carboxylic acids is 1. The van der Waals surface area contributed by atoms with Crippen molar-refractivity contribution in [2.24, 2.45) is 0 Å². The predicted octanol–water partition coefficient (Wildman–Crippen LogP) is 6.29. The quantitative estimate of drug-likeness (QED) is 0.256. The minimum Gasteiger partial charge on any atom is -0.478 e. The van der Waals surface area contributed by atoms with Gasteiger partial charge in [0.2, 0.25) is 0 Å². The Balaban J connectivity index is 2.06. The number of aryl methyl sites for hydroxylation is 2. The summed E-state index contributed by atoms with van der Waals surface area (Å²) in [7, 11) is 3.82. The van der Waals surface area contributed by atoms with Gasteiger partial charge in [-0.3, -0.25) is 4.79 Å². The third kappa shape index (κ3) is 3.30. The summed E-state index contributed by atoms with van der Waals surface area (Å²) < 4.78 is 21.6. The van der Waals surface area contributed by atoms with Crippen molar-refractivity contribution in [1.82, 2.24) is 0 Å². The van der Waals surface area contributed by atoms with Crippen molar-refractivity contribution in [3.8, 4) is 11.1 Å². The highest BCUT2D eigenvalue weighted by molar-refractivity contribution is 6.17. The maximum absolute atomic E-state index is 15.3. The zero-order chi connectivity index (χ0) is 24.3. The van der Waals surface area contributed by atoms with Crippen molar-refractivity contribution in [3.63, 3.8) is 0 Å². The Morgan fingerprint density at radius 2 is 1.59 bits per heavy atom. The highest BCUT2D eigenvalue weighted by atomic mass is 19.1. The number of rotatable bonds is 3. The second-order valence-electron chi connectivity index (χ2n) is 8.78. The first-order valence-electron chi connectivity index (χ1n) is 10.8. The van der Waals surface area contributed by atoms with Crippen LogP contribution in [0.5, 0.6) is 0 Å². The van der Waals surface area contributed by atoms with Crippen LogP contribution in [0.4, 0.5) is 10.1 Å². The van der Waals surface area contributed by atoms with Crippen LogP contribution in [-0.4, -0.2) is 25.2 Å². The molecule has 34 heavy (non-hydrogen) atoms. The summed E-state index contributed by atoms with van der Waals surface area (Å²) in [4.78, 5) is 26.1. The van der Waals surface area contributed by atoms with Gasteiger partial charge in [-0.1, -0.05) is 6.07 Å². The molecular formula is C28H22FNO4. The molecule has 1 heterocycles. The summed E-state index contributed by atoms with van der Waals surface area (Å²) >= 11 is 0. The first-order valence-corrected chi connectivity index (χ1v) is 10.8. The lowest BCUT2D eigenvalue weighted by atomic mass is 9.89. The Hall–Kier alpha value is -4.19. The van der Waals surface area contributed by atoms with E-state index < -0.39 is 11.8 Å². The Bertz CT molecular complexity index is 1720. The normalized spacial score (nSPS) is 11.4. The molecule has 170 valence electrons. The summed E-state index contributed by atoms with van der Waals surface area (Å²) in [6.45, 7) is 3.78. The van der Waals surface area contributed by atoms with Gasteiger partial charge in [0.25, 0.3) is 0 Å². The average molecular weight is 455 g/mol. The molecule has 0 saturated heterocycles. The first kappa shape index (κ1) is 21.6. The third-order valence-corrected chi connectivity index (χ3v) is 6.37. The van der Waals surface area contributed by atoms with Gasteiger partial charge in [0.15, 0.2) is 5.43 Å². The van der Waals surface area contributed by atoms with Gasteiger partial charge >= 0.3 is 5.97 Å². The van der Waals surface area contributed by atoms with Crippen LogP contribution in [0.1, 0.15) is 21.5 Å². The maximum Gasteiger partial charge on any atom is 0.336 e. The van der Waals surface area contributed by atoms with Gasteiger partial charge < -0.3 is 14.4 Å². The lowest BCUT2D eigenvalue weighted by molar-refractivity contribution is 0.0697. The van der Waals surface area contributed by atoms with E-state index in [0.29, 0.717) is 38.5 Å². The van der Waals surface area contributed by atoms with E-state index in [1.165, 1.54) is 18.2 Å². The average Bonchev–Trinajstić information content (AvgIpc) is 2.79. The van der Waals surface area contributed by atoms with Crippen LogP contribution < -0.4 is 10.3 Å². The summed E-state index contributed by atoms with van der Waals surface area (Å²) in [6.07, 6.45) is 0. The van der Waals surface area contributed by atoms with E-state index in [4.69, 9.17) is 4.42 Å². The molecule has 4 aromatic carbocycles. The Kier molecular flexibility index (Phi) is 4.90.